The lowest BCUT2D eigenvalue weighted by atomic mass is 9.64. The number of aliphatic hydroxyl groups excluding tert-OH is 1. The van der Waals surface area contributed by atoms with E-state index in [4.69, 9.17) is 5.11 Å². The summed E-state index contributed by atoms with van der Waals surface area (Å²) in [5.41, 5.74) is 0.568. The normalized spacial score (nSPS) is 44.0. The number of rotatable bonds is 2. The molecule has 4 unspecified atom stereocenters. The van der Waals surface area contributed by atoms with Crippen molar-refractivity contribution in [1.29, 1.82) is 0 Å². The van der Waals surface area contributed by atoms with Crippen molar-refractivity contribution in [2.75, 3.05) is 6.61 Å². The largest absolute Gasteiger partial charge is 0.396 e. The summed E-state index contributed by atoms with van der Waals surface area (Å²) in [7, 11) is 0. The van der Waals surface area contributed by atoms with E-state index in [2.05, 4.69) is 20.8 Å². The minimum absolute atomic E-state index is 0.382. The maximum Gasteiger partial charge on any atom is 0.0433 e. The molecule has 88 valence electrons. The Morgan fingerprint density at radius 3 is 2.67 bits per heavy atom. The van der Waals surface area contributed by atoms with E-state index in [1.807, 2.05) is 0 Å². The summed E-state index contributed by atoms with van der Waals surface area (Å²) in [5, 5.41) is 9.11. The van der Waals surface area contributed by atoms with E-state index in [9.17, 15) is 0 Å². The fourth-order valence-corrected chi connectivity index (χ4v) is 4.17. The number of hydrogen-bond donors (Lipinski definition) is 1. The summed E-state index contributed by atoms with van der Waals surface area (Å²) in [4.78, 5) is 0. The second-order valence-corrected chi connectivity index (χ2v) is 6.61. The predicted molar refractivity (Wildman–Crippen MR) is 63.6 cm³/mol. The topological polar surface area (TPSA) is 20.2 Å². The van der Waals surface area contributed by atoms with E-state index in [-0.39, 0.29) is 0 Å². The smallest absolute Gasteiger partial charge is 0.0433 e. The van der Waals surface area contributed by atoms with Crippen LogP contribution in [0.15, 0.2) is 0 Å². The molecule has 0 aliphatic heterocycles. The van der Waals surface area contributed by atoms with Gasteiger partial charge in [0.25, 0.3) is 0 Å². The van der Waals surface area contributed by atoms with Gasteiger partial charge in [-0.15, -0.1) is 0 Å². The highest BCUT2D eigenvalue weighted by Gasteiger charge is 2.46. The van der Waals surface area contributed by atoms with Crippen LogP contribution in [0.2, 0.25) is 0 Å². The Balaban J connectivity index is 2.05. The molecule has 15 heavy (non-hydrogen) atoms. The van der Waals surface area contributed by atoms with Gasteiger partial charge in [0.1, 0.15) is 0 Å². The summed E-state index contributed by atoms with van der Waals surface area (Å²) in [6, 6.07) is 0. The van der Waals surface area contributed by atoms with Crippen molar-refractivity contribution in [1.82, 2.24) is 0 Å². The molecule has 0 aromatic heterocycles. The average Bonchev–Trinajstić information content (AvgIpc) is 2.44. The molecule has 2 fully saturated rings. The second-order valence-electron chi connectivity index (χ2n) is 6.61. The number of hydrogen-bond acceptors (Lipinski definition) is 1. The Labute approximate surface area is 94.3 Å². The van der Waals surface area contributed by atoms with E-state index in [0.717, 1.165) is 30.1 Å². The minimum atomic E-state index is 0.382. The zero-order valence-electron chi connectivity index (χ0n) is 10.5. The first-order chi connectivity index (χ1) is 7.04. The van der Waals surface area contributed by atoms with E-state index >= 15 is 0 Å². The van der Waals surface area contributed by atoms with E-state index in [0.29, 0.717) is 12.0 Å². The predicted octanol–water partition coefficient (Wildman–Crippen LogP) is 3.47. The molecule has 2 aliphatic carbocycles. The van der Waals surface area contributed by atoms with Gasteiger partial charge >= 0.3 is 0 Å². The minimum Gasteiger partial charge on any atom is -0.396 e. The summed E-state index contributed by atoms with van der Waals surface area (Å²) in [6.07, 6.45) is 6.69. The molecule has 0 saturated heterocycles. The van der Waals surface area contributed by atoms with Crippen molar-refractivity contribution >= 4 is 0 Å². The van der Waals surface area contributed by atoms with Crippen LogP contribution in [0, 0.1) is 29.1 Å². The van der Waals surface area contributed by atoms with E-state index in [1.165, 1.54) is 25.7 Å². The van der Waals surface area contributed by atoms with Crippen LogP contribution in [0.3, 0.4) is 0 Å². The monoisotopic (exact) mass is 210 g/mol. The first-order valence-electron chi connectivity index (χ1n) is 6.65. The van der Waals surface area contributed by atoms with Crippen LogP contribution in [0.1, 0.15) is 52.9 Å². The van der Waals surface area contributed by atoms with Gasteiger partial charge in [0.05, 0.1) is 0 Å². The highest BCUT2D eigenvalue weighted by Crippen LogP contribution is 2.55. The molecule has 0 aromatic rings. The quantitative estimate of drug-likeness (QED) is 0.740. The average molecular weight is 210 g/mol. The van der Waals surface area contributed by atoms with Crippen LogP contribution in [0.25, 0.3) is 0 Å². The van der Waals surface area contributed by atoms with Crippen molar-refractivity contribution < 1.29 is 5.11 Å². The van der Waals surface area contributed by atoms with Crippen molar-refractivity contribution in [3.8, 4) is 0 Å². The van der Waals surface area contributed by atoms with Crippen LogP contribution in [-0.4, -0.2) is 11.7 Å². The lowest BCUT2D eigenvalue weighted by Gasteiger charge is -2.41. The molecule has 2 rings (SSSR count). The molecule has 2 aliphatic rings. The fraction of sp³-hybridized carbons (Fsp3) is 1.00. The van der Waals surface area contributed by atoms with Gasteiger partial charge in [-0.05, 0) is 61.2 Å². The summed E-state index contributed by atoms with van der Waals surface area (Å²) < 4.78 is 0. The molecule has 0 heterocycles. The summed E-state index contributed by atoms with van der Waals surface area (Å²) >= 11 is 0. The molecule has 2 saturated carbocycles. The van der Waals surface area contributed by atoms with Crippen LogP contribution in [0.5, 0.6) is 0 Å². The highest BCUT2D eigenvalue weighted by atomic mass is 16.3. The van der Waals surface area contributed by atoms with Crippen molar-refractivity contribution in [3.63, 3.8) is 0 Å². The van der Waals surface area contributed by atoms with Gasteiger partial charge < -0.3 is 5.11 Å². The molecule has 0 spiro atoms. The Hall–Kier alpha value is -0.0400. The van der Waals surface area contributed by atoms with Crippen LogP contribution >= 0.6 is 0 Å². The van der Waals surface area contributed by atoms with Gasteiger partial charge in [-0.3, -0.25) is 0 Å². The third-order valence-corrected chi connectivity index (χ3v) is 5.27. The Kier molecular flexibility index (Phi) is 3.12. The summed E-state index contributed by atoms with van der Waals surface area (Å²) in [6.45, 7) is 7.67. The third kappa shape index (κ3) is 2.08. The number of fused-ring (bicyclic) bond motifs is 1. The van der Waals surface area contributed by atoms with Crippen LogP contribution in [-0.2, 0) is 0 Å². The molecule has 1 heteroatoms. The van der Waals surface area contributed by atoms with Crippen molar-refractivity contribution in [2.24, 2.45) is 29.1 Å². The zero-order valence-corrected chi connectivity index (χ0v) is 10.5. The molecule has 1 N–H and O–H groups in total. The molecule has 0 amide bonds. The standard InChI is InChI=1S/C14H26O/c1-10-8-12-4-6-14(2,3)13(12)9-11(10)5-7-15/h10-13,15H,4-9H2,1-3H3. The molecule has 4 atom stereocenters. The zero-order chi connectivity index (χ0) is 11.1. The van der Waals surface area contributed by atoms with Gasteiger partial charge in [0.15, 0.2) is 0 Å². The SMILES string of the molecule is CC1CC2CCC(C)(C)C2CC1CCO. The van der Waals surface area contributed by atoms with E-state index in [1.54, 1.807) is 0 Å². The van der Waals surface area contributed by atoms with Gasteiger partial charge in [-0.25, -0.2) is 0 Å². The molecular formula is C14H26O. The first kappa shape index (κ1) is 11.4. The van der Waals surface area contributed by atoms with Gasteiger partial charge in [-0.1, -0.05) is 20.8 Å². The van der Waals surface area contributed by atoms with Gasteiger partial charge in [0, 0.05) is 6.61 Å². The van der Waals surface area contributed by atoms with Crippen molar-refractivity contribution in [2.45, 2.75) is 52.9 Å². The van der Waals surface area contributed by atoms with Crippen molar-refractivity contribution in [3.05, 3.63) is 0 Å². The molecule has 1 nitrogen and oxygen atoms in total. The van der Waals surface area contributed by atoms with Gasteiger partial charge in [-0.2, -0.15) is 0 Å². The Bertz CT molecular complexity index is 221. The van der Waals surface area contributed by atoms with Crippen LogP contribution < -0.4 is 0 Å². The molecular weight excluding hydrogens is 184 g/mol. The molecule has 0 radical (unpaired) electrons. The highest BCUT2D eigenvalue weighted by molar-refractivity contribution is 4.96. The lowest BCUT2D eigenvalue weighted by Crippen LogP contribution is -2.33. The van der Waals surface area contributed by atoms with Crippen LogP contribution in [0.4, 0.5) is 0 Å². The Morgan fingerprint density at radius 1 is 1.27 bits per heavy atom. The van der Waals surface area contributed by atoms with E-state index < -0.39 is 0 Å². The number of aliphatic hydroxyl groups is 1. The molecule has 0 bridgehead atoms. The second kappa shape index (κ2) is 4.08. The Morgan fingerprint density at radius 2 is 2.00 bits per heavy atom. The first-order valence-corrected chi connectivity index (χ1v) is 6.65. The third-order valence-electron chi connectivity index (χ3n) is 5.27. The maximum atomic E-state index is 9.11. The fourth-order valence-electron chi connectivity index (χ4n) is 4.17. The summed E-state index contributed by atoms with van der Waals surface area (Å²) in [5.74, 6) is 3.55. The van der Waals surface area contributed by atoms with Gasteiger partial charge in [0.2, 0.25) is 0 Å². The molecule has 0 aromatic carbocycles. The maximum absolute atomic E-state index is 9.11. The lowest BCUT2D eigenvalue weighted by molar-refractivity contribution is 0.0710.